The van der Waals surface area contributed by atoms with Gasteiger partial charge in [0.15, 0.2) is 0 Å². The van der Waals surface area contributed by atoms with Crippen LogP contribution in [0.5, 0.6) is 0 Å². The minimum atomic E-state index is -1.09. The number of halogens is 2. The predicted octanol–water partition coefficient (Wildman–Crippen LogP) is 2.20. The molecule has 2 aromatic rings. The molecule has 186 valence electrons. The number of piperidine rings is 1. The Bertz CT molecular complexity index is 1090. The van der Waals surface area contributed by atoms with Crippen molar-refractivity contribution in [3.63, 3.8) is 0 Å². The first kappa shape index (κ1) is 24.7. The quantitative estimate of drug-likeness (QED) is 0.632. The number of nitrogens with zero attached hydrogens (tertiary/aromatic N) is 2. The Hall–Kier alpha value is -3.37. The van der Waals surface area contributed by atoms with Crippen LogP contribution in [0.1, 0.15) is 33.6 Å². The number of hydrogen-bond acceptors (Lipinski definition) is 5. The SMILES string of the molecule is COCCNC(=O)C1COC2(CCN(C(=O)c3ccc(F)cc3F)CC2)N1C(=O)c1ccccc1. The van der Waals surface area contributed by atoms with Crippen molar-refractivity contribution < 1.29 is 32.6 Å². The first-order chi connectivity index (χ1) is 16.9. The molecule has 2 saturated heterocycles. The summed E-state index contributed by atoms with van der Waals surface area (Å²) in [5.74, 6) is -2.96. The van der Waals surface area contributed by atoms with E-state index in [1.165, 1.54) is 16.9 Å². The Balaban J connectivity index is 1.54. The lowest BCUT2D eigenvalue weighted by Gasteiger charge is -2.44. The molecule has 4 rings (SSSR count). The number of rotatable bonds is 6. The van der Waals surface area contributed by atoms with Gasteiger partial charge in [-0.2, -0.15) is 0 Å². The highest BCUT2D eigenvalue weighted by molar-refractivity contribution is 5.98. The number of hydrogen-bond donors (Lipinski definition) is 1. The Labute approximate surface area is 201 Å². The second-order valence-electron chi connectivity index (χ2n) is 8.51. The maximum atomic E-state index is 14.2. The van der Waals surface area contributed by atoms with Gasteiger partial charge in [0.1, 0.15) is 23.4 Å². The van der Waals surface area contributed by atoms with Gasteiger partial charge in [0.05, 0.1) is 18.8 Å². The average molecular weight is 488 g/mol. The van der Waals surface area contributed by atoms with Gasteiger partial charge in [-0.1, -0.05) is 18.2 Å². The Kier molecular flexibility index (Phi) is 7.42. The number of nitrogens with one attached hydrogen (secondary N) is 1. The van der Waals surface area contributed by atoms with Gasteiger partial charge in [-0.25, -0.2) is 8.78 Å². The molecule has 1 spiro atoms. The highest BCUT2D eigenvalue weighted by atomic mass is 19.1. The molecule has 8 nitrogen and oxygen atoms in total. The monoisotopic (exact) mass is 487 g/mol. The van der Waals surface area contributed by atoms with Crippen molar-refractivity contribution in [1.82, 2.24) is 15.1 Å². The fraction of sp³-hybridized carbons (Fsp3) is 0.400. The van der Waals surface area contributed by atoms with Crippen LogP contribution in [0.3, 0.4) is 0 Å². The third-order valence-electron chi connectivity index (χ3n) is 6.40. The largest absolute Gasteiger partial charge is 0.383 e. The van der Waals surface area contributed by atoms with Crippen LogP contribution >= 0.6 is 0 Å². The van der Waals surface area contributed by atoms with Gasteiger partial charge in [0.2, 0.25) is 5.91 Å². The Morgan fingerprint density at radius 2 is 1.80 bits per heavy atom. The van der Waals surface area contributed by atoms with Crippen molar-refractivity contribution in [2.24, 2.45) is 0 Å². The number of amides is 3. The van der Waals surface area contributed by atoms with Gasteiger partial charge >= 0.3 is 0 Å². The molecule has 2 aliphatic rings. The number of benzene rings is 2. The van der Waals surface area contributed by atoms with Gasteiger partial charge in [0, 0.05) is 51.2 Å². The second kappa shape index (κ2) is 10.5. The van der Waals surface area contributed by atoms with E-state index in [1.807, 2.05) is 0 Å². The van der Waals surface area contributed by atoms with Gasteiger partial charge < -0.3 is 19.7 Å². The lowest BCUT2D eigenvalue weighted by molar-refractivity contribution is -0.128. The van der Waals surface area contributed by atoms with Crippen LogP contribution in [0.15, 0.2) is 48.5 Å². The van der Waals surface area contributed by atoms with Gasteiger partial charge in [-0.05, 0) is 24.3 Å². The summed E-state index contributed by atoms with van der Waals surface area (Å²) < 4.78 is 38.5. The lowest BCUT2D eigenvalue weighted by atomic mass is 9.96. The minimum Gasteiger partial charge on any atom is -0.383 e. The highest BCUT2D eigenvalue weighted by Crippen LogP contribution is 2.39. The fourth-order valence-electron chi connectivity index (χ4n) is 4.57. The molecule has 0 aliphatic carbocycles. The summed E-state index contributed by atoms with van der Waals surface area (Å²) >= 11 is 0. The molecule has 10 heteroatoms. The van der Waals surface area contributed by atoms with Crippen molar-refractivity contribution in [3.8, 4) is 0 Å². The molecule has 0 saturated carbocycles. The normalized spacial score (nSPS) is 19.1. The molecule has 2 aromatic carbocycles. The molecule has 0 radical (unpaired) electrons. The molecule has 1 atom stereocenters. The maximum Gasteiger partial charge on any atom is 0.256 e. The number of carbonyl (C=O) groups excluding carboxylic acids is 3. The van der Waals surface area contributed by atoms with Gasteiger partial charge in [-0.15, -0.1) is 0 Å². The van der Waals surface area contributed by atoms with E-state index in [0.717, 1.165) is 12.1 Å². The molecule has 1 N–H and O–H groups in total. The summed E-state index contributed by atoms with van der Waals surface area (Å²) in [6.45, 7) is 0.974. The summed E-state index contributed by atoms with van der Waals surface area (Å²) in [5, 5.41) is 2.77. The standard InChI is InChI=1S/C25H27F2N3O5/c1-34-14-11-28-22(31)21-16-35-25(30(21)23(32)17-5-3-2-4-6-17)9-12-29(13-10-25)24(33)19-8-7-18(26)15-20(19)27/h2-8,15,21H,9-14,16H2,1H3,(H,28,31). The predicted molar refractivity (Wildman–Crippen MR) is 121 cm³/mol. The van der Waals surface area contributed by atoms with E-state index in [4.69, 9.17) is 9.47 Å². The van der Waals surface area contributed by atoms with Crippen molar-refractivity contribution in [2.45, 2.75) is 24.6 Å². The van der Waals surface area contributed by atoms with E-state index in [9.17, 15) is 23.2 Å². The van der Waals surface area contributed by atoms with E-state index in [0.29, 0.717) is 18.2 Å². The van der Waals surface area contributed by atoms with Crippen molar-refractivity contribution in [3.05, 3.63) is 71.3 Å². The maximum absolute atomic E-state index is 14.2. The Morgan fingerprint density at radius 1 is 1.09 bits per heavy atom. The summed E-state index contributed by atoms with van der Waals surface area (Å²) in [6, 6.07) is 10.6. The van der Waals surface area contributed by atoms with Gasteiger partial charge in [-0.3, -0.25) is 19.3 Å². The van der Waals surface area contributed by atoms with Crippen LogP contribution in [0, 0.1) is 11.6 Å². The van der Waals surface area contributed by atoms with Crippen molar-refractivity contribution in [1.29, 1.82) is 0 Å². The van der Waals surface area contributed by atoms with Crippen LogP contribution in [-0.4, -0.2) is 79.2 Å². The second-order valence-corrected chi connectivity index (χ2v) is 8.51. The Morgan fingerprint density at radius 3 is 2.46 bits per heavy atom. The third-order valence-corrected chi connectivity index (χ3v) is 6.40. The molecule has 2 heterocycles. The van der Waals surface area contributed by atoms with Crippen LogP contribution in [-0.2, 0) is 14.3 Å². The summed E-state index contributed by atoms with van der Waals surface area (Å²) in [7, 11) is 1.53. The molecule has 0 bridgehead atoms. The zero-order valence-electron chi connectivity index (χ0n) is 19.3. The zero-order valence-corrected chi connectivity index (χ0v) is 19.3. The minimum absolute atomic E-state index is 0.0118. The molecule has 2 aliphatic heterocycles. The molecule has 2 fully saturated rings. The smallest absolute Gasteiger partial charge is 0.256 e. The molecule has 1 unspecified atom stereocenters. The van der Waals surface area contributed by atoms with E-state index in [2.05, 4.69) is 5.32 Å². The summed E-state index contributed by atoms with van der Waals surface area (Å²) in [5.41, 5.74) is -0.893. The molecular formula is C25H27F2N3O5. The first-order valence-corrected chi connectivity index (χ1v) is 11.4. The van der Waals surface area contributed by atoms with Crippen molar-refractivity contribution >= 4 is 17.7 Å². The summed E-state index contributed by atoms with van der Waals surface area (Å²) in [4.78, 5) is 42.3. The summed E-state index contributed by atoms with van der Waals surface area (Å²) in [6.07, 6.45) is 0.476. The molecule has 3 amide bonds. The van der Waals surface area contributed by atoms with Crippen LogP contribution in [0.25, 0.3) is 0 Å². The number of ether oxygens (including phenoxy) is 2. The number of methoxy groups -OCH3 is 1. The molecular weight excluding hydrogens is 460 g/mol. The molecule has 35 heavy (non-hydrogen) atoms. The third kappa shape index (κ3) is 5.03. The average Bonchev–Trinajstić information content (AvgIpc) is 3.23. The number of likely N-dealkylation sites (tertiary alicyclic amines) is 1. The van der Waals surface area contributed by atoms with Crippen molar-refractivity contribution in [2.75, 3.05) is 40.0 Å². The van der Waals surface area contributed by atoms with E-state index in [-0.39, 0.29) is 56.5 Å². The van der Waals surface area contributed by atoms with Crippen LogP contribution in [0.4, 0.5) is 8.78 Å². The van der Waals surface area contributed by atoms with E-state index < -0.39 is 29.3 Å². The van der Waals surface area contributed by atoms with E-state index >= 15 is 0 Å². The first-order valence-electron chi connectivity index (χ1n) is 11.4. The zero-order chi connectivity index (χ0) is 25.0. The van der Waals surface area contributed by atoms with Gasteiger partial charge in [0.25, 0.3) is 11.8 Å². The highest BCUT2D eigenvalue weighted by Gasteiger charge is 2.54. The fourth-order valence-corrected chi connectivity index (χ4v) is 4.57. The molecule has 0 aromatic heterocycles. The lowest BCUT2D eigenvalue weighted by Crippen LogP contribution is -2.60. The number of carbonyl (C=O) groups is 3. The topological polar surface area (TPSA) is 88.2 Å². The van der Waals surface area contributed by atoms with Crippen LogP contribution in [0.2, 0.25) is 0 Å². The van der Waals surface area contributed by atoms with Crippen LogP contribution < -0.4 is 5.32 Å². The van der Waals surface area contributed by atoms with E-state index in [1.54, 1.807) is 30.3 Å².